The molecule has 5 aromatic rings. The molecule has 1 heterocycles. The number of fused-ring (bicyclic) bond motifs is 1. The highest BCUT2D eigenvalue weighted by atomic mass is 35.5. The molecule has 4 aromatic carbocycles. The van der Waals surface area contributed by atoms with Gasteiger partial charge in [0.25, 0.3) is 5.56 Å². The number of benzene rings is 4. The lowest BCUT2D eigenvalue weighted by atomic mass is 9.96. The van der Waals surface area contributed by atoms with Crippen molar-refractivity contribution in [2.45, 2.75) is 47.1 Å². The molecule has 5 rings (SSSR count). The number of nitrogens with zero attached hydrogens (tertiary/aromatic N) is 3. The topological polar surface area (TPSA) is 74.9 Å². The molecule has 0 saturated carbocycles. The molecule has 9 heteroatoms. The average Bonchev–Trinajstić information content (AvgIpc) is 3.02. The fourth-order valence-electron chi connectivity index (χ4n) is 4.98. The van der Waals surface area contributed by atoms with Crippen LogP contribution in [0.1, 0.15) is 55.9 Å². The number of hydrogen-bond donors (Lipinski definition) is 0. The van der Waals surface area contributed by atoms with E-state index in [-0.39, 0.29) is 18.1 Å². The van der Waals surface area contributed by atoms with Gasteiger partial charge in [-0.15, -0.1) is 0 Å². The molecule has 0 atom stereocenters. The number of aryl methyl sites for hydroxylation is 1. The van der Waals surface area contributed by atoms with Gasteiger partial charge < -0.3 is 14.2 Å². The van der Waals surface area contributed by atoms with Crippen LogP contribution in [0.5, 0.6) is 17.2 Å². The lowest BCUT2D eigenvalue weighted by Crippen LogP contribution is -2.21. The molecule has 0 aliphatic rings. The number of hydrogen-bond acceptors (Lipinski definition) is 6. The first-order chi connectivity index (χ1) is 21.7. The Morgan fingerprint density at radius 2 is 1.62 bits per heavy atom. The minimum absolute atomic E-state index is 0.199. The number of rotatable bonds is 11. The van der Waals surface area contributed by atoms with Gasteiger partial charge in [0.1, 0.15) is 12.4 Å². The van der Waals surface area contributed by atoms with Gasteiger partial charge in [0.05, 0.1) is 40.4 Å². The molecule has 1 aromatic heterocycles. The molecular formula is C36H35Cl2N3O4. The molecule has 0 fully saturated rings. The smallest absolute Gasteiger partial charge is 0.282 e. The maximum Gasteiger partial charge on any atom is 0.282 e. The molecule has 0 amide bonds. The number of halogens is 2. The van der Waals surface area contributed by atoms with E-state index in [0.29, 0.717) is 51.5 Å². The van der Waals surface area contributed by atoms with Crippen LogP contribution >= 0.6 is 23.2 Å². The van der Waals surface area contributed by atoms with Gasteiger partial charge in [0, 0.05) is 5.56 Å². The second-order valence-corrected chi connectivity index (χ2v) is 11.6. The van der Waals surface area contributed by atoms with E-state index in [1.54, 1.807) is 24.4 Å². The molecule has 45 heavy (non-hydrogen) atoms. The first-order valence-corrected chi connectivity index (χ1v) is 15.6. The highest BCUT2D eigenvalue weighted by Crippen LogP contribution is 2.35. The summed E-state index contributed by atoms with van der Waals surface area (Å²) in [7, 11) is 0. The average molecular weight is 645 g/mol. The highest BCUT2D eigenvalue weighted by Gasteiger charge is 2.19. The number of para-hydroxylation sites is 1. The fourth-order valence-corrected chi connectivity index (χ4v) is 5.30. The lowest BCUT2D eigenvalue weighted by molar-refractivity contribution is 0.269. The Balaban J connectivity index is 1.55. The Hall–Kier alpha value is -4.33. The first kappa shape index (κ1) is 32.1. The third kappa shape index (κ3) is 7.16. The van der Waals surface area contributed by atoms with Gasteiger partial charge >= 0.3 is 0 Å². The van der Waals surface area contributed by atoms with Crippen LogP contribution in [0, 0.1) is 6.92 Å². The van der Waals surface area contributed by atoms with Gasteiger partial charge in [0.15, 0.2) is 17.3 Å². The summed E-state index contributed by atoms with van der Waals surface area (Å²) in [6, 6.07) is 22.2. The second-order valence-electron chi connectivity index (χ2n) is 10.8. The van der Waals surface area contributed by atoms with E-state index in [2.05, 4.69) is 25.0 Å². The van der Waals surface area contributed by atoms with Crippen molar-refractivity contribution in [3.05, 3.63) is 115 Å². The summed E-state index contributed by atoms with van der Waals surface area (Å²) in [4.78, 5) is 18.8. The monoisotopic (exact) mass is 643 g/mol. The third-order valence-corrected chi connectivity index (χ3v) is 7.98. The van der Waals surface area contributed by atoms with Gasteiger partial charge in [0.2, 0.25) is 0 Å². The minimum atomic E-state index is -0.266. The summed E-state index contributed by atoms with van der Waals surface area (Å²) in [5.74, 6) is 2.59. The van der Waals surface area contributed by atoms with Crippen molar-refractivity contribution in [2.24, 2.45) is 5.10 Å². The van der Waals surface area contributed by atoms with Crippen molar-refractivity contribution in [1.29, 1.82) is 0 Å². The van der Waals surface area contributed by atoms with E-state index < -0.39 is 0 Å². The fraction of sp³-hybridized carbons (Fsp3) is 0.250. The van der Waals surface area contributed by atoms with Gasteiger partial charge in [-0.2, -0.15) is 9.78 Å². The zero-order chi connectivity index (χ0) is 32.1. The summed E-state index contributed by atoms with van der Waals surface area (Å²) in [6.45, 7) is 11.4. The van der Waals surface area contributed by atoms with E-state index in [1.165, 1.54) is 4.68 Å². The number of ether oxygens (including phenoxy) is 3. The van der Waals surface area contributed by atoms with E-state index in [9.17, 15) is 4.79 Å². The van der Waals surface area contributed by atoms with Crippen molar-refractivity contribution >= 4 is 40.3 Å². The van der Waals surface area contributed by atoms with Crippen molar-refractivity contribution in [3.8, 4) is 28.6 Å². The van der Waals surface area contributed by atoms with Gasteiger partial charge in [-0.1, -0.05) is 55.2 Å². The van der Waals surface area contributed by atoms with Gasteiger partial charge in [-0.3, -0.25) is 4.79 Å². The molecular weight excluding hydrogens is 609 g/mol. The zero-order valence-corrected chi connectivity index (χ0v) is 27.4. The molecule has 0 saturated heterocycles. The van der Waals surface area contributed by atoms with E-state index >= 15 is 0 Å². The molecule has 0 aliphatic heterocycles. The van der Waals surface area contributed by atoms with Crippen LogP contribution in [-0.2, 0) is 6.61 Å². The summed E-state index contributed by atoms with van der Waals surface area (Å²) < 4.78 is 19.3. The maximum absolute atomic E-state index is 13.9. The number of aromatic nitrogens is 2. The van der Waals surface area contributed by atoms with Crippen LogP contribution in [0.3, 0.4) is 0 Å². The predicted octanol–water partition coefficient (Wildman–Crippen LogP) is 9.06. The molecule has 7 nitrogen and oxygen atoms in total. The molecule has 0 aliphatic carbocycles. The van der Waals surface area contributed by atoms with Crippen LogP contribution < -0.4 is 19.8 Å². The minimum Gasteiger partial charge on any atom is -0.494 e. The normalized spacial score (nSPS) is 11.5. The van der Waals surface area contributed by atoms with Crippen LogP contribution in [0.2, 0.25) is 10.0 Å². The summed E-state index contributed by atoms with van der Waals surface area (Å²) in [5.41, 5.74) is 4.70. The largest absolute Gasteiger partial charge is 0.494 e. The Kier molecular flexibility index (Phi) is 10.1. The SMILES string of the molecule is CCOc1cc(C=Nn2c(-c3cc(C(C)C)c(OCC)cc3C)nc3ccccc3c2=O)ccc1OCc1ccc(Cl)c(Cl)c1. The van der Waals surface area contributed by atoms with E-state index in [4.69, 9.17) is 42.4 Å². The van der Waals surface area contributed by atoms with Crippen molar-refractivity contribution < 1.29 is 14.2 Å². The van der Waals surface area contributed by atoms with E-state index in [0.717, 1.165) is 33.6 Å². The predicted molar refractivity (Wildman–Crippen MR) is 183 cm³/mol. The summed E-state index contributed by atoms with van der Waals surface area (Å²) in [5, 5.41) is 6.11. The van der Waals surface area contributed by atoms with Crippen LogP contribution in [0.4, 0.5) is 0 Å². The molecule has 232 valence electrons. The Labute approximate surface area is 273 Å². The molecule has 0 unspecified atom stereocenters. The van der Waals surface area contributed by atoms with E-state index in [1.807, 2.05) is 69.3 Å². The molecule has 0 N–H and O–H groups in total. The summed E-state index contributed by atoms with van der Waals surface area (Å²) >= 11 is 12.2. The van der Waals surface area contributed by atoms with Crippen molar-refractivity contribution in [1.82, 2.24) is 9.66 Å². The van der Waals surface area contributed by atoms with Gasteiger partial charge in [-0.05, 0) is 104 Å². The standard InChI is InChI=1S/C36H35Cl2N3O4/c1-6-43-33-16-23(5)28(19-27(33)22(3)4)35-40-31-11-9-8-10-26(31)36(42)41(35)39-20-24-13-15-32(34(18-24)44-7-2)45-21-25-12-14-29(37)30(38)17-25/h8-20,22H,6-7,21H2,1-5H3. The van der Waals surface area contributed by atoms with Crippen LogP contribution in [0.15, 0.2) is 82.7 Å². The quantitative estimate of drug-likeness (QED) is 0.134. The maximum atomic E-state index is 13.9. The Bertz CT molecular complexity index is 1930. The summed E-state index contributed by atoms with van der Waals surface area (Å²) in [6.07, 6.45) is 1.62. The molecule has 0 radical (unpaired) electrons. The van der Waals surface area contributed by atoms with Crippen LogP contribution in [-0.4, -0.2) is 29.1 Å². The third-order valence-electron chi connectivity index (χ3n) is 7.24. The van der Waals surface area contributed by atoms with Gasteiger partial charge in [-0.25, -0.2) is 4.98 Å². The highest BCUT2D eigenvalue weighted by molar-refractivity contribution is 6.42. The molecule has 0 bridgehead atoms. The molecule has 0 spiro atoms. The zero-order valence-electron chi connectivity index (χ0n) is 25.9. The Morgan fingerprint density at radius 1 is 0.867 bits per heavy atom. The Morgan fingerprint density at radius 3 is 2.36 bits per heavy atom. The second kappa shape index (κ2) is 14.2. The first-order valence-electron chi connectivity index (χ1n) is 14.9. The van der Waals surface area contributed by atoms with Crippen molar-refractivity contribution in [3.63, 3.8) is 0 Å². The van der Waals surface area contributed by atoms with Crippen LogP contribution in [0.25, 0.3) is 22.3 Å². The van der Waals surface area contributed by atoms with Crippen molar-refractivity contribution in [2.75, 3.05) is 13.2 Å². The lowest BCUT2D eigenvalue weighted by Gasteiger charge is -2.18.